The molecular weight excluding hydrogens is 262 g/mol. The van der Waals surface area contributed by atoms with Crippen LogP contribution in [-0.4, -0.2) is 4.98 Å². The van der Waals surface area contributed by atoms with E-state index in [2.05, 4.69) is 4.98 Å². The molecule has 2 aromatic carbocycles. The van der Waals surface area contributed by atoms with Crippen molar-refractivity contribution in [3.05, 3.63) is 60.3 Å². The lowest BCUT2D eigenvalue weighted by molar-refractivity contribution is 0.471. The second-order valence-electron chi connectivity index (χ2n) is 4.27. The first kappa shape index (κ1) is 12.3. The van der Waals surface area contributed by atoms with Crippen molar-refractivity contribution in [2.75, 3.05) is 5.73 Å². The van der Waals surface area contributed by atoms with Crippen LogP contribution in [0.1, 0.15) is 0 Å². The lowest BCUT2D eigenvalue weighted by Crippen LogP contribution is -1.97. The summed E-state index contributed by atoms with van der Waals surface area (Å²) in [6, 6.07) is 10.9. The molecule has 0 amide bonds. The van der Waals surface area contributed by atoms with Crippen LogP contribution in [0.5, 0.6) is 11.5 Å². The third kappa shape index (κ3) is 2.25. The molecule has 3 aromatic rings. The van der Waals surface area contributed by atoms with Crippen molar-refractivity contribution in [2.24, 2.45) is 0 Å². The number of hydrogen-bond donors (Lipinski definition) is 1. The maximum atomic E-state index is 13.3. The maximum Gasteiger partial charge on any atom is 0.156 e. The molecular formula is C15H10F2N2O. The van der Waals surface area contributed by atoms with Crippen molar-refractivity contribution < 1.29 is 13.5 Å². The molecule has 0 aliphatic heterocycles. The minimum absolute atomic E-state index is 0.0698. The van der Waals surface area contributed by atoms with E-state index in [4.69, 9.17) is 10.5 Å². The molecule has 0 aliphatic rings. The van der Waals surface area contributed by atoms with Crippen LogP contribution in [0, 0.1) is 11.6 Å². The summed E-state index contributed by atoms with van der Waals surface area (Å²) >= 11 is 0. The van der Waals surface area contributed by atoms with Crippen LogP contribution in [0.3, 0.4) is 0 Å². The molecule has 1 heterocycles. The number of rotatable bonds is 2. The summed E-state index contributed by atoms with van der Waals surface area (Å²) in [5.41, 5.74) is 6.09. The van der Waals surface area contributed by atoms with Crippen molar-refractivity contribution in [1.29, 1.82) is 0 Å². The highest BCUT2D eigenvalue weighted by atomic mass is 19.1. The Labute approximate surface area is 113 Å². The number of pyridine rings is 1. The number of ether oxygens (including phenoxy) is 1. The second kappa shape index (κ2) is 4.77. The molecule has 1 aromatic heterocycles. The van der Waals surface area contributed by atoms with E-state index in [1.54, 1.807) is 6.07 Å². The minimum Gasteiger partial charge on any atom is -0.453 e. The quantitative estimate of drug-likeness (QED) is 0.720. The zero-order chi connectivity index (χ0) is 14.1. The number of fused-ring (bicyclic) bond motifs is 1. The average molecular weight is 272 g/mol. The molecule has 0 saturated heterocycles. The fourth-order valence-corrected chi connectivity index (χ4v) is 1.88. The van der Waals surface area contributed by atoms with Gasteiger partial charge in [-0.2, -0.15) is 0 Å². The number of nitrogens with two attached hydrogens (primary N) is 1. The van der Waals surface area contributed by atoms with Crippen molar-refractivity contribution in [2.45, 2.75) is 0 Å². The van der Waals surface area contributed by atoms with E-state index in [1.165, 1.54) is 6.20 Å². The molecule has 0 atom stereocenters. The number of halogens is 2. The van der Waals surface area contributed by atoms with Crippen LogP contribution in [0.4, 0.5) is 14.5 Å². The maximum absolute atomic E-state index is 13.3. The standard InChI is InChI=1S/C15H10F2N2O/c16-10-6-12(17)15(18)14(7-10)20-11-5-9-3-1-2-4-13(9)19-8-11/h1-8H,18H2. The van der Waals surface area contributed by atoms with Crippen molar-refractivity contribution >= 4 is 16.6 Å². The van der Waals surface area contributed by atoms with E-state index < -0.39 is 11.6 Å². The summed E-state index contributed by atoms with van der Waals surface area (Å²) in [4.78, 5) is 4.20. The van der Waals surface area contributed by atoms with E-state index in [1.807, 2.05) is 24.3 Å². The third-order valence-electron chi connectivity index (χ3n) is 2.85. The van der Waals surface area contributed by atoms with Gasteiger partial charge in [-0.05, 0) is 12.1 Å². The third-order valence-corrected chi connectivity index (χ3v) is 2.85. The van der Waals surface area contributed by atoms with Gasteiger partial charge in [0, 0.05) is 17.5 Å². The number of para-hydroxylation sites is 1. The molecule has 0 aliphatic carbocycles. The topological polar surface area (TPSA) is 48.1 Å². The highest BCUT2D eigenvalue weighted by Gasteiger charge is 2.10. The fourth-order valence-electron chi connectivity index (χ4n) is 1.88. The number of hydrogen-bond acceptors (Lipinski definition) is 3. The predicted octanol–water partition coefficient (Wildman–Crippen LogP) is 3.89. The van der Waals surface area contributed by atoms with Crippen LogP contribution in [0.2, 0.25) is 0 Å². The van der Waals surface area contributed by atoms with Gasteiger partial charge >= 0.3 is 0 Å². The molecule has 0 fully saturated rings. The molecule has 5 heteroatoms. The van der Waals surface area contributed by atoms with E-state index in [0.717, 1.165) is 17.0 Å². The Bertz CT molecular complexity index is 790. The van der Waals surface area contributed by atoms with Gasteiger partial charge in [0.25, 0.3) is 0 Å². The van der Waals surface area contributed by atoms with Gasteiger partial charge < -0.3 is 10.5 Å². The van der Waals surface area contributed by atoms with Gasteiger partial charge in [-0.3, -0.25) is 4.98 Å². The number of aromatic nitrogens is 1. The number of anilines is 1. The Morgan fingerprint density at radius 1 is 1.05 bits per heavy atom. The largest absolute Gasteiger partial charge is 0.453 e. The molecule has 100 valence electrons. The SMILES string of the molecule is Nc1c(F)cc(F)cc1Oc1cnc2ccccc2c1. The summed E-state index contributed by atoms with van der Waals surface area (Å²) in [6.07, 6.45) is 1.48. The van der Waals surface area contributed by atoms with Crippen molar-refractivity contribution in [3.8, 4) is 11.5 Å². The van der Waals surface area contributed by atoms with Crippen LogP contribution >= 0.6 is 0 Å². The number of nitrogens with zero attached hydrogens (tertiary/aromatic N) is 1. The summed E-state index contributed by atoms with van der Waals surface area (Å²) in [6.45, 7) is 0. The summed E-state index contributed by atoms with van der Waals surface area (Å²) < 4.78 is 31.9. The Morgan fingerprint density at radius 3 is 2.70 bits per heavy atom. The lowest BCUT2D eigenvalue weighted by atomic mass is 10.2. The monoisotopic (exact) mass is 272 g/mol. The zero-order valence-corrected chi connectivity index (χ0v) is 10.3. The first-order chi connectivity index (χ1) is 9.63. The van der Waals surface area contributed by atoms with Crippen LogP contribution in [0.15, 0.2) is 48.7 Å². The summed E-state index contributed by atoms with van der Waals surface area (Å²) in [7, 11) is 0. The lowest BCUT2D eigenvalue weighted by Gasteiger charge is -2.09. The Balaban J connectivity index is 2.01. The average Bonchev–Trinajstić information content (AvgIpc) is 2.44. The van der Waals surface area contributed by atoms with Crippen LogP contribution in [-0.2, 0) is 0 Å². The predicted molar refractivity (Wildman–Crippen MR) is 72.6 cm³/mol. The summed E-state index contributed by atoms with van der Waals surface area (Å²) in [5, 5.41) is 0.862. The van der Waals surface area contributed by atoms with Gasteiger partial charge in [0.1, 0.15) is 17.3 Å². The molecule has 20 heavy (non-hydrogen) atoms. The molecule has 2 N–H and O–H groups in total. The Kier molecular flexibility index (Phi) is 2.95. The Hall–Kier alpha value is -2.69. The molecule has 0 saturated carbocycles. The van der Waals surface area contributed by atoms with Gasteiger partial charge in [-0.25, -0.2) is 8.78 Å². The normalized spacial score (nSPS) is 10.7. The fraction of sp³-hybridized carbons (Fsp3) is 0. The minimum atomic E-state index is -0.853. The highest BCUT2D eigenvalue weighted by molar-refractivity contribution is 5.79. The van der Waals surface area contributed by atoms with Crippen LogP contribution < -0.4 is 10.5 Å². The molecule has 0 bridgehead atoms. The molecule has 3 rings (SSSR count). The van der Waals surface area contributed by atoms with E-state index >= 15 is 0 Å². The summed E-state index contributed by atoms with van der Waals surface area (Å²) in [5.74, 6) is -1.31. The van der Waals surface area contributed by atoms with Crippen LogP contribution in [0.25, 0.3) is 10.9 Å². The van der Waals surface area contributed by atoms with Gasteiger partial charge in [0.2, 0.25) is 0 Å². The van der Waals surface area contributed by atoms with Gasteiger partial charge in [-0.15, -0.1) is 0 Å². The van der Waals surface area contributed by atoms with E-state index in [9.17, 15) is 8.78 Å². The van der Waals surface area contributed by atoms with E-state index in [-0.39, 0.29) is 11.4 Å². The number of nitrogen functional groups attached to an aromatic ring is 1. The smallest absolute Gasteiger partial charge is 0.156 e. The molecule has 0 spiro atoms. The van der Waals surface area contributed by atoms with E-state index in [0.29, 0.717) is 11.8 Å². The van der Waals surface area contributed by atoms with Crippen molar-refractivity contribution in [1.82, 2.24) is 4.98 Å². The molecule has 3 nitrogen and oxygen atoms in total. The van der Waals surface area contributed by atoms with Gasteiger partial charge in [0.05, 0.1) is 11.7 Å². The van der Waals surface area contributed by atoms with Crippen molar-refractivity contribution in [3.63, 3.8) is 0 Å². The first-order valence-electron chi connectivity index (χ1n) is 5.90. The molecule has 0 radical (unpaired) electrons. The highest BCUT2D eigenvalue weighted by Crippen LogP contribution is 2.31. The Morgan fingerprint density at radius 2 is 1.85 bits per heavy atom. The first-order valence-corrected chi connectivity index (χ1v) is 5.90. The van der Waals surface area contributed by atoms with Gasteiger partial charge in [0.15, 0.2) is 11.6 Å². The van der Waals surface area contributed by atoms with Gasteiger partial charge in [-0.1, -0.05) is 18.2 Å². The number of benzene rings is 2. The second-order valence-corrected chi connectivity index (χ2v) is 4.27. The molecule has 0 unspecified atom stereocenters. The zero-order valence-electron chi connectivity index (χ0n) is 10.3.